The highest BCUT2D eigenvalue weighted by Gasteiger charge is 2.20. The van der Waals surface area contributed by atoms with Gasteiger partial charge in [0.15, 0.2) is 11.6 Å². The van der Waals surface area contributed by atoms with Gasteiger partial charge >= 0.3 is 0 Å². The van der Waals surface area contributed by atoms with Crippen molar-refractivity contribution >= 4 is 11.0 Å². The van der Waals surface area contributed by atoms with Crippen molar-refractivity contribution < 1.29 is 4.42 Å². The van der Waals surface area contributed by atoms with E-state index in [1.54, 1.807) is 0 Å². The molecule has 0 atom stereocenters. The average Bonchev–Trinajstić information content (AvgIpc) is 3.14. The molecule has 21 heavy (non-hydrogen) atoms. The number of hydrogen-bond acceptors (Lipinski definition) is 3. The molecule has 1 saturated heterocycles. The number of hydrogen-bond donors (Lipinski definition) is 1. The zero-order valence-corrected chi connectivity index (χ0v) is 12.2. The third kappa shape index (κ3) is 2.16. The van der Waals surface area contributed by atoms with Crippen molar-refractivity contribution in [3.63, 3.8) is 0 Å². The Morgan fingerprint density at radius 3 is 2.76 bits per heavy atom. The topological polar surface area (TPSA) is 43.0 Å². The van der Waals surface area contributed by atoms with Gasteiger partial charge in [0.25, 0.3) is 0 Å². The van der Waals surface area contributed by atoms with E-state index in [9.17, 15) is 0 Å². The third-order valence-electron chi connectivity index (χ3n) is 4.38. The lowest BCUT2D eigenvalue weighted by molar-refractivity contribution is 0.389. The molecule has 0 amide bonds. The Bertz CT molecular complexity index is 765. The lowest BCUT2D eigenvalue weighted by Crippen LogP contribution is -2.26. The lowest BCUT2D eigenvalue weighted by Gasteiger charge is -2.20. The molecule has 1 aliphatic heterocycles. The van der Waals surface area contributed by atoms with Gasteiger partial charge < -0.3 is 14.3 Å². The Morgan fingerprint density at radius 1 is 1.14 bits per heavy atom. The molecule has 0 aliphatic carbocycles. The van der Waals surface area contributed by atoms with Gasteiger partial charge in [0.2, 0.25) is 0 Å². The van der Waals surface area contributed by atoms with Crippen molar-refractivity contribution in [1.82, 2.24) is 14.9 Å². The Kier molecular flexibility index (Phi) is 3.04. The first-order valence-electron chi connectivity index (χ1n) is 7.55. The third-order valence-corrected chi connectivity index (χ3v) is 4.38. The second kappa shape index (κ2) is 5.04. The number of aryl methyl sites for hydroxylation is 1. The summed E-state index contributed by atoms with van der Waals surface area (Å²) in [5.41, 5.74) is 2.14. The highest BCUT2D eigenvalue weighted by Crippen LogP contribution is 2.31. The van der Waals surface area contributed by atoms with Crippen LogP contribution in [0, 0.1) is 0 Å². The van der Waals surface area contributed by atoms with Crippen LogP contribution in [-0.2, 0) is 7.05 Å². The summed E-state index contributed by atoms with van der Waals surface area (Å²) in [6.07, 6.45) is 2.30. The number of nitrogens with one attached hydrogen (secondary N) is 1. The van der Waals surface area contributed by atoms with Crippen molar-refractivity contribution in [1.29, 1.82) is 0 Å². The number of benzene rings is 1. The first kappa shape index (κ1) is 12.7. The average molecular weight is 281 g/mol. The number of para-hydroxylation sites is 2. The van der Waals surface area contributed by atoms with Crippen LogP contribution in [0.2, 0.25) is 0 Å². The number of piperidine rings is 1. The van der Waals surface area contributed by atoms with Gasteiger partial charge in [-0.1, -0.05) is 12.1 Å². The molecule has 1 fully saturated rings. The first-order chi connectivity index (χ1) is 10.3. The Hall–Kier alpha value is -2.07. The van der Waals surface area contributed by atoms with E-state index in [-0.39, 0.29) is 0 Å². The predicted molar refractivity (Wildman–Crippen MR) is 83.3 cm³/mol. The summed E-state index contributed by atoms with van der Waals surface area (Å²) in [6.45, 7) is 2.15. The smallest absolute Gasteiger partial charge is 0.176 e. The molecular weight excluding hydrogens is 262 g/mol. The molecule has 4 heteroatoms. The Labute approximate surface area is 123 Å². The van der Waals surface area contributed by atoms with Crippen LogP contribution in [0.4, 0.5) is 0 Å². The molecule has 0 saturated carbocycles. The summed E-state index contributed by atoms with van der Waals surface area (Å²) in [6, 6.07) is 12.3. The summed E-state index contributed by atoms with van der Waals surface area (Å²) in [5.74, 6) is 3.40. The van der Waals surface area contributed by atoms with E-state index in [4.69, 9.17) is 9.40 Å². The van der Waals surface area contributed by atoms with E-state index in [1.807, 2.05) is 25.2 Å². The molecular formula is C17H19N3O. The molecule has 1 N–H and O–H groups in total. The molecule has 108 valence electrons. The first-order valence-corrected chi connectivity index (χ1v) is 7.55. The molecule has 0 spiro atoms. The van der Waals surface area contributed by atoms with E-state index < -0.39 is 0 Å². The second-order valence-corrected chi connectivity index (χ2v) is 5.71. The molecule has 0 unspecified atom stereocenters. The molecule has 4 rings (SSSR count). The van der Waals surface area contributed by atoms with Crippen molar-refractivity contribution in [2.75, 3.05) is 13.1 Å². The number of imidazole rings is 1. The standard InChI is InChI=1S/C17H19N3O/c1-20-14-5-3-2-4-13(14)19-17(20)16-7-6-15(21-16)12-8-10-18-11-9-12/h2-7,12,18H,8-11H2,1H3. The fourth-order valence-corrected chi connectivity index (χ4v) is 3.16. The van der Waals surface area contributed by atoms with E-state index in [2.05, 4.69) is 28.1 Å². The van der Waals surface area contributed by atoms with Crippen molar-refractivity contribution in [3.8, 4) is 11.6 Å². The number of aromatic nitrogens is 2. The molecule has 4 nitrogen and oxygen atoms in total. The van der Waals surface area contributed by atoms with Gasteiger partial charge in [-0.05, 0) is 50.2 Å². The largest absolute Gasteiger partial charge is 0.458 e. The molecule has 0 radical (unpaired) electrons. The van der Waals surface area contributed by atoms with Crippen LogP contribution in [0.1, 0.15) is 24.5 Å². The second-order valence-electron chi connectivity index (χ2n) is 5.71. The van der Waals surface area contributed by atoms with E-state index in [1.165, 1.54) is 0 Å². The lowest BCUT2D eigenvalue weighted by atomic mass is 9.96. The normalized spacial score (nSPS) is 16.6. The van der Waals surface area contributed by atoms with Crippen molar-refractivity contribution in [2.45, 2.75) is 18.8 Å². The molecule has 0 bridgehead atoms. The SMILES string of the molecule is Cn1c(-c2ccc(C3CCNCC3)o2)nc2ccccc21. The Morgan fingerprint density at radius 2 is 1.95 bits per heavy atom. The van der Waals surface area contributed by atoms with Crippen LogP contribution < -0.4 is 5.32 Å². The van der Waals surface area contributed by atoms with Crippen molar-refractivity contribution in [3.05, 3.63) is 42.2 Å². The quantitative estimate of drug-likeness (QED) is 0.783. The summed E-state index contributed by atoms with van der Waals surface area (Å²) >= 11 is 0. The van der Waals surface area contributed by atoms with Gasteiger partial charge in [-0.15, -0.1) is 0 Å². The summed E-state index contributed by atoms with van der Waals surface area (Å²) in [5, 5.41) is 3.39. The number of furan rings is 1. The zero-order chi connectivity index (χ0) is 14.2. The van der Waals surface area contributed by atoms with Gasteiger partial charge in [-0.3, -0.25) is 0 Å². The summed E-state index contributed by atoms with van der Waals surface area (Å²) < 4.78 is 8.21. The molecule has 3 aromatic rings. The molecule has 1 aromatic carbocycles. The van der Waals surface area contributed by atoms with Gasteiger partial charge in [0.1, 0.15) is 5.76 Å². The number of fused-ring (bicyclic) bond motifs is 1. The minimum Gasteiger partial charge on any atom is -0.458 e. The monoisotopic (exact) mass is 281 g/mol. The van der Waals surface area contributed by atoms with Crippen LogP contribution in [0.5, 0.6) is 0 Å². The van der Waals surface area contributed by atoms with Gasteiger partial charge in [0, 0.05) is 13.0 Å². The molecule has 3 heterocycles. The van der Waals surface area contributed by atoms with E-state index in [0.717, 1.165) is 54.3 Å². The van der Waals surface area contributed by atoms with Crippen LogP contribution in [-0.4, -0.2) is 22.6 Å². The van der Waals surface area contributed by atoms with Gasteiger partial charge in [-0.2, -0.15) is 0 Å². The minimum absolute atomic E-state index is 0.537. The minimum atomic E-state index is 0.537. The van der Waals surface area contributed by atoms with Crippen LogP contribution >= 0.6 is 0 Å². The predicted octanol–water partition coefficient (Wildman–Crippen LogP) is 3.30. The van der Waals surface area contributed by atoms with Gasteiger partial charge in [0.05, 0.1) is 11.0 Å². The van der Waals surface area contributed by atoms with E-state index >= 15 is 0 Å². The molecule has 2 aromatic heterocycles. The highest BCUT2D eigenvalue weighted by molar-refractivity contribution is 5.79. The van der Waals surface area contributed by atoms with Gasteiger partial charge in [-0.25, -0.2) is 4.98 Å². The Balaban J connectivity index is 1.72. The maximum atomic E-state index is 6.11. The molecule has 1 aliphatic rings. The number of nitrogens with zero attached hydrogens (tertiary/aromatic N) is 2. The van der Waals surface area contributed by atoms with Crippen LogP contribution in [0.25, 0.3) is 22.6 Å². The summed E-state index contributed by atoms with van der Waals surface area (Å²) in [7, 11) is 2.04. The zero-order valence-electron chi connectivity index (χ0n) is 12.2. The fraction of sp³-hybridized carbons (Fsp3) is 0.353. The summed E-state index contributed by atoms with van der Waals surface area (Å²) in [4.78, 5) is 4.70. The highest BCUT2D eigenvalue weighted by atomic mass is 16.3. The van der Waals surface area contributed by atoms with Crippen LogP contribution in [0.3, 0.4) is 0 Å². The van der Waals surface area contributed by atoms with Crippen LogP contribution in [0.15, 0.2) is 40.8 Å². The van der Waals surface area contributed by atoms with Crippen molar-refractivity contribution in [2.24, 2.45) is 7.05 Å². The van der Waals surface area contributed by atoms with E-state index in [0.29, 0.717) is 5.92 Å². The maximum Gasteiger partial charge on any atom is 0.176 e. The number of rotatable bonds is 2. The fourth-order valence-electron chi connectivity index (χ4n) is 3.16. The maximum absolute atomic E-state index is 6.11.